The Bertz CT molecular complexity index is 1550. The average molecular weight is 660 g/mol. The molecule has 3 N–H and O–H groups in total. The Labute approximate surface area is 269 Å². The molecular weight excluding hydrogens is 622 g/mol. The van der Waals surface area contributed by atoms with E-state index in [1.54, 1.807) is 35.2 Å². The van der Waals surface area contributed by atoms with Gasteiger partial charge in [0.25, 0.3) is 15.9 Å². The van der Waals surface area contributed by atoms with Crippen molar-refractivity contribution in [2.24, 2.45) is 0 Å². The van der Waals surface area contributed by atoms with Crippen LogP contribution in [0.4, 0.5) is 0 Å². The van der Waals surface area contributed by atoms with Crippen molar-refractivity contribution < 1.29 is 27.9 Å². The van der Waals surface area contributed by atoms with Gasteiger partial charge < -0.3 is 15.3 Å². The molecule has 0 radical (unpaired) electrons. The van der Waals surface area contributed by atoms with Crippen LogP contribution in [0, 0.1) is 0 Å². The molecule has 0 aromatic heterocycles. The molecule has 2 unspecified atom stereocenters. The number of amides is 3. The third-order valence-corrected chi connectivity index (χ3v) is 8.85. The minimum atomic E-state index is -4.30. The van der Waals surface area contributed by atoms with Crippen molar-refractivity contribution in [3.05, 3.63) is 88.9 Å². The number of carbonyl (C=O) groups is 3. The van der Waals surface area contributed by atoms with Crippen LogP contribution in [0.25, 0.3) is 11.1 Å². The average Bonchev–Trinajstić information content (AvgIpc) is 2.98. The van der Waals surface area contributed by atoms with Crippen LogP contribution >= 0.6 is 24.2 Å². The van der Waals surface area contributed by atoms with E-state index in [9.17, 15) is 27.9 Å². The van der Waals surface area contributed by atoms with Gasteiger partial charge in [0.2, 0.25) is 11.8 Å². The van der Waals surface area contributed by atoms with E-state index in [0.29, 0.717) is 30.5 Å². The van der Waals surface area contributed by atoms with Gasteiger partial charge in [0.15, 0.2) is 0 Å². The molecule has 0 aliphatic heterocycles. The number of thiol groups is 1. The van der Waals surface area contributed by atoms with E-state index in [4.69, 9.17) is 11.6 Å². The Kier molecular flexibility index (Phi) is 13.3. The second-order valence-corrected chi connectivity index (χ2v) is 13.2. The number of benzene rings is 3. The standard InChI is InChI=1S/C32H38ClN3O6S2/c1-3-9-31(39)36(17-16-30(38)34-20-25(43)18-23-10-5-4-6-11-23)21-24-14-15-26(28(33)19-24)27-12-7-8-13-29(27)44(41,42)35-32(40)22(2)37/h4-8,10-15,19,22,25,37,43H,3,9,16-18,20-21H2,1-2H3,(H,34,38)(H,35,40). The van der Waals surface area contributed by atoms with Gasteiger partial charge in [0.1, 0.15) is 6.10 Å². The summed E-state index contributed by atoms with van der Waals surface area (Å²) in [4.78, 5) is 38.9. The monoisotopic (exact) mass is 659 g/mol. The number of rotatable bonds is 15. The Morgan fingerprint density at radius 3 is 2.30 bits per heavy atom. The molecule has 0 saturated heterocycles. The largest absolute Gasteiger partial charge is 0.384 e. The summed E-state index contributed by atoms with van der Waals surface area (Å²) < 4.78 is 27.7. The molecule has 3 amide bonds. The van der Waals surface area contributed by atoms with Crippen LogP contribution in [0.5, 0.6) is 0 Å². The van der Waals surface area contributed by atoms with Crippen molar-refractivity contribution in [2.75, 3.05) is 13.1 Å². The molecule has 3 rings (SSSR count). The number of nitrogens with one attached hydrogen (secondary N) is 2. The zero-order valence-electron chi connectivity index (χ0n) is 24.7. The van der Waals surface area contributed by atoms with Crippen LogP contribution in [0.15, 0.2) is 77.7 Å². The summed E-state index contributed by atoms with van der Waals surface area (Å²) in [5, 5.41) is 12.5. The molecule has 3 aromatic carbocycles. The van der Waals surface area contributed by atoms with Gasteiger partial charge in [-0.25, -0.2) is 13.1 Å². The number of hydrogen-bond donors (Lipinski definition) is 4. The number of halogens is 1. The van der Waals surface area contributed by atoms with Crippen molar-refractivity contribution in [2.45, 2.75) is 62.3 Å². The van der Waals surface area contributed by atoms with Crippen LogP contribution in [0.2, 0.25) is 5.02 Å². The van der Waals surface area contributed by atoms with Crippen molar-refractivity contribution in [1.29, 1.82) is 0 Å². The van der Waals surface area contributed by atoms with Crippen molar-refractivity contribution in [3.63, 3.8) is 0 Å². The fourth-order valence-electron chi connectivity index (χ4n) is 4.47. The Morgan fingerprint density at radius 1 is 0.955 bits per heavy atom. The second-order valence-electron chi connectivity index (χ2n) is 10.4. The third kappa shape index (κ3) is 10.4. The van der Waals surface area contributed by atoms with E-state index in [1.807, 2.05) is 42.0 Å². The number of carbonyl (C=O) groups excluding carboxylic acids is 3. The number of aliphatic hydroxyl groups excluding tert-OH is 1. The lowest BCUT2D eigenvalue weighted by molar-refractivity contribution is -0.132. The maximum absolute atomic E-state index is 12.9. The lowest BCUT2D eigenvalue weighted by Gasteiger charge is -2.23. The molecule has 0 saturated carbocycles. The predicted molar refractivity (Wildman–Crippen MR) is 175 cm³/mol. The summed E-state index contributed by atoms with van der Waals surface area (Å²) in [5.41, 5.74) is 2.50. The molecule has 0 aliphatic rings. The minimum Gasteiger partial charge on any atom is -0.384 e. The zero-order chi connectivity index (χ0) is 32.3. The first-order valence-corrected chi connectivity index (χ1v) is 16.7. The van der Waals surface area contributed by atoms with Crippen LogP contribution in [-0.2, 0) is 37.4 Å². The van der Waals surface area contributed by atoms with E-state index < -0.39 is 22.0 Å². The molecule has 0 fully saturated rings. The zero-order valence-corrected chi connectivity index (χ0v) is 27.2. The van der Waals surface area contributed by atoms with Gasteiger partial charge in [-0.2, -0.15) is 12.6 Å². The van der Waals surface area contributed by atoms with E-state index in [-0.39, 0.29) is 52.1 Å². The SMILES string of the molecule is CCCC(=O)N(CCC(=O)NCC(S)Cc1ccccc1)Cc1ccc(-c2ccccc2S(=O)(=O)NC(=O)C(C)O)c(Cl)c1. The predicted octanol–water partition coefficient (Wildman–Crippen LogP) is 4.37. The minimum absolute atomic E-state index is 0.0468. The fraction of sp³-hybridized carbons (Fsp3) is 0.344. The lowest BCUT2D eigenvalue weighted by Crippen LogP contribution is -2.37. The third-order valence-electron chi connectivity index (χ3n) is 6.76. The molecule has 44 heavy (non-hydrogen) atoms. The summed E-state index contributed by atoms with van der Waals surface area (Å²) >= 11 is 11.2. The topological polar surface area (TPSA) is 133 Å². The molecule has 0 bridgehead atoms. The van der Waals surface area contributed by atoms with Gasteiger partial charge in [-0.15, -0.1) is 0 Å². The van der Waals surface area contributed by atoms with E-state index in [2.05, 4.69) is 17.9 Å². The molecule has 12 heteroatoms. The van der Waals surface area contributed by atoms with Crippen LogP contribution in [0.3, 0.4) is 0 Å². The van der Waals surface area contributed by atoms with Crippen molar-refractivity contribution in [3.8, 4) is 11.1 Å². The normalized spacial score (nSPS) is 12.7. The van der Waals surface area contributed by atoms with Crippen LogP contribution in [-0.4, -0.2) is 60.6 Å². The van der Waals surface area contributed by atoms with Gasteiger partial charge in [-0.1, -0.05) is 79.2 Å². The van der Waals surface area contributed by atoms with Gasteiger partial charge >= 0.3 is 0 Å². The number of aliphatic hydroxyl groups is 1. The number of nitrogens with zero attached hydrogens (tertiary/aromatic N) is 1. The Balaban J connectivity index is 1.70. The first-order valence-electron chi connectivity index (χ1n) is 14.3. The quantitative estimate of drug-likeness (QED) is 0.179. The van der Waals surface area contributed by atoms with Gasteiger partial charge in [-0.05, 0) is 43.0 Å². The van der Waals surface area contributed by atoms with E-state index >= 15 is 0 Å². The maximum atomic E-state index is 12.9. The highest BCUT2D eigenvalue weighted by Gasteiger charge is 2.25. The Hall–Kier alpha value is -3.38. The van der Waals surface area contributed by atoms with Gasteiger partial charge in [-0.3, -0.25) is 14.4 Å². The molecule has 236 valence electrons. The molecule has 0 spiro atoms. The van der Waals surface area contributed by atoms with Crippen LogP contribution in [0.1, 0.15) is 44.2 Å². The first kappa shape index (κ1) is 35.1. The highest BCUT2D eigenvalue weighted by molar-refractivity contribution is 7.90. The Morgan fingerprint density at radius 2 is 1.64 bits per heavy atom. The number of sulfonamides is 1. The first-order chi connectivity index (χ1) is 20.9. The molecule has 3 aromatic rings. The van der Waals surface area contributed by atoms with Crippen LogP contribution < -0.4 is 10.0 Å². The molecular formula is C32H38ClN3O6S2. The summed E-state index contributed by atoms with van der Waals surface area (Å²) in [5.74, 6) is -1.33. The van der Waals surface area contributed by atoms with Crippen molar-refractivity contribution in [1.82, 2.24) is 14.9 Å². The van der Waals surface area contributed by atoms with E-state index in [1.165, 1.54) is 12.1 Å². The fourth-order valence-corrected chi connectivity index (χ4v) is 6.35. The van der Waals surface area contributed by atoms with E-state index in [0.717, 1.165) is 18.9 Å². The highest BCUT2D eigenvalue weighted by atomic mass is 35.5. The molecule has 0 aliphatic carbocycles. The summed E-state index contributed by atoms with van der Waals surface area (Å²) in [6.07, 6.45) is 0.306. The summed E-state index contributed by atoms with van der Waals surface area (Å²) in [7, 11) is -4.30. The maximum Gasteiger partial charge on any atom is 0.264 e. The summed E-state index contributed by atoms with van der Waals surface area (Å²) in [6, 6.07) is 21.0. The number of hydrogen-bond acceptors (Lipinski definition) is 7. The van der Waals surface area contributed by atoms with Crippen molar-refractivity contribution >= 4 is 52.0 Å². The van der Waals surface area contributed by atoms with Gasteiger partial charge in [0, 0.05) is 53.9 Å². The molecule has 2 atom stereocenters. The summed E-state index contributed by atoms with van der Waals surface area (Å²) in [6.45, 7) is 3.89. The smallest absolute Gasteiger partial charge is 0.264 e. The molecule has 0 heterocycles. The molecule has 9 nitrogen and oxygen atoms in total. The van der Waals surface area contributed by atoms with Gasteiger partial charge in [0.05, 0.1) is 4.90 Å². The second kappa shape index (κ2) is 16.6. The lowest BCUT2D eigenvalue weighted by atomic mass is 10.0. The highest BCUT2D eigenvalue weighted by Crippen LogP contribution is 2.33.